The van der Waals surface area contributed by atoms with E-state index in [0.717, 1.165) is 29.8 Å². The van der Waals surface area contributed by atoms with Crippen LogP contribution in [0, 0.1) is 0 Å². The predicted octanol–water partition coefficient (Wildman–Crippen LogP) is 1.30. The number of hydrogen-bond acceptors (Lipinski definition) is 4. The van der Waals surface area contributed by atoms with Crippen LogP contribution in [0.1, 0.15) is 17.7 Å². The molecule has 5 nitrogen and oxygen atoms in total. The molecule has 2 aromatic rings. The molecule has 2 rings (SSSR count). The molecule has 0 saturated carbocycles. The molecule has 0 bridgehead atoms. The van der Waals surface area contributed by atoms with E-state index in [0.29, 0.717) is 13.2 Å². The lowest BCUT2D eigenvalue weighted by Gasteiger charge is -2.03. The molecule has 0 saturated heterocycles. The van der Waals surface area contributed by atoms with Gasteiger partial charge >= 0.3 is 0 Å². The van der Waals surface area contributed by atoms with E-state index in [9.17, 15) is 0 Å². The van der Waals surface area contributed by atoms with E-state index in [1.54, 1.807) is 11.8 Å². The first-order valence-corrected chi connectivity index (χ1v) is 6.03. The van der Waals surface area contributed by atoms with Crippen LogP contribution in [0.3, 0.4) is 0 Å². The zero-order chi connectivity index (χ0) is 12.8. The van der Waals surface area contributed by atoms with Crippen LogP contribution in [0.2, 0.25) is 0 Å². The van der Waals surface area contributed by atoms with Crippen molar-refractivity contribution in [3.8, 4) is 5.69 Å². The van der Waals surface area contributed by atoms with E-state index in [-0.39, 0.29) is 0 Å². The second kappa shape index (κ2) is 6.28. The molecule has 96 valence electrons. The molecule has 0 aliphatic rings. The van der Waals surface area contributed by atoms with Crippen molar-refractivity contribution in [1.82, 2.24) is 15.0 Å². The van der Waals surface area contributed by atoms with Gasteiger partial charge in [0.25, 0.3) is 0 Å². The molecule has 5 heteroatoms. The maximum Gasteiger partial charge on any atom is 0.0832 e. The lowest BCUT2D eigenvalue weighted by molar-refractivity contribution is 0.185. The molecule has 2 N–H and O–H groups in total. The van der Waals surface area contributed by atoms with Gasteiger partial charge in [0, 0.05) is 7.11 Å². The zero-order valence-corrected chi connectivity index (χ0v) is 10.5. The molecule has 0 aliphatic heterocycles. The van der Waals surface area contributed by atoms with Gasteiger partial charge in [-0.1, -0.05) is 17.3 Å². The largest absolute Gasteiger partial charge is 0.380 e. The van der Waals surface area contributed by atoms with Crippen LogP contribution in [0.25, 0.3) is 5.69 Å². The van der Waals surface area contributed by atoms with Crippen molar-refractivity contribution in [3.63, 3.8) is 0 Å². The second-order valence-corrected chi connectivity index (χ2v) is 4.15. The highest BCUT2D eigenvalue weighted by molar-refractivity contribution is 5.34. The molecule has 0 fully saturated rings. The summed E-state index contributed by atoms with van der Waals surface area (Å²) in [6.07, 6.45) is 3.75. The van der Waals surface area contributed by atoms with Crippen LogP contribution < -0.4 is 5.73 Å². The molecule has 1 heterocycles. The summed E-state index contributed by atoms with van der Waals surface area (Å²) in [5, 5.41) is 8.26. The minimum Gasteiger partial charge on any atom is -0.380 e. The maximum atomic E-state index is 5.48. The number of rotatable bonds is 6. The number of methoxy groups -OCH3 is 1. The predicted molar refractivity (Wildman–Crippen MR) is 69.4 cm³/mol. The van der Waals surface area contributed by atoms with Crippen LogP contribution >= 0.6 is 0 Å². The fourth-order valence-corrected chi connectivity index (χ4v) is 1.78. The van der Waals surface area contributed by atoms with Gasteiger partial charge in [-0.25, -0.2) is 4.68 Å². The maximum absolute atomic E-state index is 5.48. The van der Waals surface area contributed by atoms with E-state index < -0.39 is 0 Å². The molecule has 1 aromatic carbocycles. The third-order valence-corrected chi connectivity index (χ3v) is 2.66. The Bertz CT molecular complexity index is 495. The Morgan fingerprint density at radius 3 is 3.06 bits per heavy atom. The fourth-order valence-electron chi connectivity index (χ4n) is 1.78. The second-order valence-electron chi connectivity index (χ2n) is 4.15. The van der Waals surface area contributed by atoms with E-state index >= 15 is 0 Å². The standard InChI is InChI=1S/C13H18N4O/c1-18-10-11-4-2-6-13(8-11)17-9-12(15-16-17)5-3-7-14/h2,4,6,8-9H,3,5,7,10,14H2,1H3. The third-order valence-electron chi connectivity index (χ3n) is 2.66. The Hall–Kier alpha value is -1.72. The topological polar surface area (TPSA) is 66.0 Å². The molecule has 18 heavy (non-hydrogen) atoms. The molecular formula is C13H18N4O. The summed E-state index contributed by atoms with van der Waals surface area (Å²) in [6, 6.07) is 8.07. The Morgan fingerprint density at radius 2 is 2.28 bits per heavy atom. The van der Waals surface area contributed by atoms with Gasteiger partial charge in [0.15, 0.2) is 0 Å². The van der Waals surface area contributed by atoms with Crippen LogP contribution in [0.4, 0.5) is 0 Å². The van der Waals surface area contributed by atoms with Crippen molar-refractivity contribution in [2.45, 2.75) is 19.4 Å². The highest BCUT2D eigenvalue weighted by Crippen LogP contribution is 2.11. The molecule has 0 radical (unpaired) electrons. The average molecular weight is 246 g/mol. The van der Waals surface area contributed by atoms with Gasteiger partial charge in [0.2, 0.25) is 0 Å². The monoisotopic (exact) mass is 246 g/mol. The molecule has 0 unspecified atom stereocenters. The number of benzene rings is 1. The van der Waals surface area contributed by atoms with Crippen molar-refractivity contribution in [3.05, 3.63) is 41.7 Å². The molecule has 1 aromatic heterocycles. The van der Waals surface area contributed by atoms with Crippen molar-refractivity contribution in [1.29, 1.82) is 0 Å². The first-order valence-electron chi connectivity index (χ1n) is 6.03. The summed E-state index contributed by atoms with van der Waals surface area (Å²) in [5.74, 6) is 0. The summed E-state index contributed by atoms with van der Waals surface area (Å²) in [5.41, 5.74) is 8.56. The number of nitrogens with two attached hydrogens (primary N) is 1. The van der Waals surface area contributed by atoms with Crippen molar-refractivity contribution in [2.75, 3.05) is 13.7 Å². The normalized spacial score (nSPS) is 10.8. The Labute approximate surface area is 107 Å². The lowest BCUT2D eigenvalue weighted by Crippen LogP contribution is -2.00. The Morgan fingerprint density at radius 1 is 1.39 bits per heavy atom. The summed E-state index contributed by atoms with van der Waals surface area (Å²) in [6.45, 7) is 1.28. The minimum absolute atomic E-state index is 0.600. The molecule has 0 aliphatic carbocycles. The minimum atomic E-state index is 0.600. The fraction of sp³-hybridized carbons (Fsp3) is 0.385. The van der Waals surface area contributed by atoms with Gasteiger partial charge in [0.05, 0.1) is 24.2 Å². The van der Waals surface area contributed by atoms with Crippen molar-refractivity contribution in [2.24, 2.45) is 5.73 Å². The van der Waals surface area contributed by atoms with Gasteiger partial charge in [-0.05, 0) is 37.1 Å². The number of nitrogens with zero attached hydrogens (tertiary/aromatic N) is 3. The van der Waals surface area contributed by atoms with Crippen LogP contribution in [-0.4, -0.2) is 28.6 Å². The van der Waals surface area contributed by atoms with Gasteiger partial charge < -0.3 is 10.5 Å². The number of hydrogen-bond donors (Lipinski definition) is 1. The average Bonchev–Trinajstić information content (AvgIpc) is 2.86. The summed E-state index contributed by atoms with van der Waals surface area (Å²) < 4.78 is 6.90. The lowest BCUT2D eigenvalue weighted by atomic mass is 10.2. The van der Waals surface area contributed by atoms with Crippen molar-refractivity contribution >= 4 is 0 Å². The van der Waals surface area contributed by atoms with Gasteiger partial charge in [-0.15, -0.1) is 5.10 Å². The van der Waals surface area contributed by atoms with Crippen LogP contribution in [-0.2, 0) is 17.8 Å². The first-order chi connectivity index (χ1) is 8.83. The van der Waals surface area contributed by atoms with E-state index in [2.05, 4.69) is 10.3 Å². The number of aromatic nitrogens is 3. The van der Waals surface area contributed by atoms with Crippen LogP contribution in [0.5, 0.6) is 0 Å². The third kappa shape index (κ3) is 3.15. The van der Waals surface area contributed by atoms with Gasteiger partial charge in [0.1, 0.15) is 0 Å². The van der Waals surface area contributed by atoms with E-state index in [4.69, 9.17) is 10.5 Å². The summed E-state index contributed by atoms with van der Waals surface area (Å²) in [7, 11) is 1.69. The van der Waals surface area contributed by atoms with Gasteiger partial charge in [-0.3, -0.25) is 0 Å². The Kier molecular flexibility index (Phi) is 4.44. The zero-order valence-electron chi connectivity index (χ0n) is 10.5. The first kappa shape index (κ1) is 12.7. The highest BCUT2D eigenvalue weighted by Gasteiger charge is 2.03. The summed E-state index contributed by atoms with van der Waals surface area (Å²) >= 11 is 0. The summed E-state index contributed by atoms with van der Waals surface area (Å²) in [4.78, 5) is 0. The quantitative estimate of drug-likeness (QED) is 0.834. The van der Waals surface area contributed by atoms with E-state index in [1.165, 1.54) is 0 Å². The number of ether oxygens (including phenoxy) is 1. The molecule has 0 amide bonds. The van der Waals surface area contributed by atoms with Crippen molar-refractivity contribution < 1.29 is 4.74 Å². The molecule has 0 spiro atoms. The Balaban J connectivity index is 2.15. The molecule has 0 atom stereocenters. The van der Waals surface area contributed by atoms with Gasteiger partial charge in [-0.2, -0.15) is 0 Å². The molecular weight excluding hydrogens is 228 g/mol. The van der Waals surface area contributed by atoms with E-state index in [1.807, 2.05) is 30.5 Å². The number of aryl methyl sites for hydroxylation is 1. The smallest absolute Gasteiger partial charge is 0.0832 e. The van der Waals surface area contributed by atoms with Crippen LogP contribution in [0.15, 0.2) is 30.5 Å². The highest BCUT2D eigenvalue weighted by atomic mass is 16.5. The SMILES string of the molecule is COCc1cccc(-n2cc(CCCN)nn2)c1.